The normalized spacial score (nSPS) is 26.2. The van der Waals surface area contributed by atoms with Crippen LogP contribution < -0.4 is 0 Å². The van der Waals surface area contributed by atoms with Crippen LogP contribution in [0, 0.1) is 11.3 Å². The number of benzene rings is 1. The molecule has 1 aromatic rings. The van der Waals surface area contributed by atoms with E-state index in [0.29, 0.717) is 44.4 Å². The third-order valence-corrected chi connectivity index (χ3v) is 7.81. The van der Waals surface area contributed by atoms with Crippen LogP contribution in [-0.4, -0.2) is 62.9 Å². The van der Waals surface area contributed by atoms with Crippen LogP contribution in [0.15, 0.2) is 24.3 Å². The number of fused-ring (bicyclic) bond motifs is 1. The first kappa shape index (κ1) is 20.6. The van der Waals surface area contributed by atoms with E-state index in [9.17, 15) is 13.2 Å². The van der Waals surface area contributed by atoms with Crippen molar-refractivity contribution in [1.82, 2.24) is 9.21 Å². The predicted molar refractivity (Wildman–Crippen MR) is 105 cm³/mol. The molecule has 0 aliphatic carbocycles. The molecule has 0 spiro atoms. The zero-order chi connectivity index (χ0) is 19.7. The molecule has 27 heavy (non-hydrogen) atoms. The van der Waals surface area contributed by atoms with Gasteiger partial charge in [0.2, 0.25) is 15.9 Å². The van der Waals surface area contributed by atoms with Gasteiger partial charge in [0.05, 0.1) is 12.4 Å². The van der Waals surface area contributed by atoms with Gasteiger partial charge in [0.25, 0.3) is 0 Å². The third-order valence-electron chi connectivity index (χ3n) is 5.80. The Bertz CT molecular complexity index is 783. The van der Waals surface area contributed by atoms with Crippen molar-refractivity contribution in [2.24, 2.45) is 11.3 Å². The average Bonchev–Trinajstić information content (AvgIpc) is 3.01. The fourth-order valence-corrected chi connectivity index (χ4v) is 5.94. The van der Waals surface area contributed by atoms with Gasteiger partial charge in [-0.05, 0) is 37.0 Å². The lowest BCUT2D eigenvalue weighted by Crippen LogP contribution is -2.50. The molecular weight excluding hydrogens is 388 g/mol. The molecule has 0 radical (unpaired) electrons. The monoisotopic (exact) mass is 414 g/mol. The van der Waals surface area contributed by atoms with Gasteiger partial charge in [-0.3, -0.25) is 4.79 Å². The Kier molecular flexibility index (Phi) is 6.15. The summed E-state index contributed by atoms with van der Waals surface area (Å²) in [6.45, 7) is 6.79. The Morgan fingerprint density at radius 3 is 2.63 bits per heavy atom. The van der Waals surface area contributed by atoms with E-state index < -0.39 is 10.0 Å². The van der Waals surface area contributed by atoms with E-state index in [2.05, 4.69) is 0 Å². The summed E-state index contributed by atoms with van der Waals surface area (Å²) in [5.41, 5.74) is 0.508. The number of hydrogen-bond acceptors (Lipinski definition) is 4. The lowest BCUT2D eigenvalue weighted by atomic mass is 9.73. The number of amides is 1. The number of carbonyl (C=O) groups excluding carboxylic acids is 1. The number of likely N-dealkylation sites (tertiary alicyclic amines) is 1. The van der Waals surface area contributed by atoms with Crippen LogP contribution in [0.3, 0.4) is 0 Å². The van der Waals surface area contributed by atoms with Crippen molar-refractivity contribution in [3.8, 4) is 0 Å². The zero-order valence-electron chi connectivity index (χ0n) is 15.9. The summed E-state index contributed by atoms with van der Waals surface area (Å²) in [6, 6.07) is 6.90. The predicted octanol–water partition coefficient (Wildman–Crippen LogP) is 2.38. The van der Waals surface area contributed by atoms with Crippen molar-refractivity contribution in [3.05, 3.63) is 34.9 Å². The topological polar surface area (TPSA) is 66.9 Å². The summed E-state index contributed by atoms with van der Waals surface area (Å²) >= 11 is 5.89. The summed E-state index contributed by atoms with van der Waals surface area (Å²) in [7, 11) is -3.45. The van der Waals surface area contributed by atoms with Gasteiger partial charge in [-0.25, -0.2) is 12.7 Å². The quantitative estimate of drug-likeness (QED) is 0.716. The van der Waals surface area contributed by atoms with Gasteiger partial charge in [-0.2, -0.15) is 0 Å². The Morgan fingerprint density at radius 2 is 2.00 bits per heavy atom. The highest BCUT2D eigenvalue weighted by Crippen LogP contribution is 2.44. The van der Waals surface area contributed by atoms with E-state index >= 15 is 0 Å². The molecule has 2 atom stereocenters. The Labute approximate surface area is 166 Å². The third kappa shape index (κ3) is 4.47. The fraction of sp³-hybridized carbons (Fsp3) is 0.632. The van der Waals surface area contributed by atoms with Crippen molar-refractivity contribution >= 4 is 27.5 Å². The van der Waals surface area contributed by atoms with Gasteiger partial charge in [0, 0.05) is 50.1 Å². The number of hydrogen-bond donors (Lipinski definition) is 0. The maximum atomic E-state index is 13.0. The number of nitrogens with zero attached hydrogens (tertiary/aromatic N) is 2. The molecule has 0 unspecified atom stereocenters. The van der Waals surface area contributed by atoms with Gasteiger partial charge in [-0.1, -0.05) is 23.7 Å². The Morgan fingerprint density at radius 1 is 1.30 bits per heavy atom. The molecule has 2 aliphatic rings. The number of ether oxygens (including phenoxy) is 1. The molecule has 3 rings (SSSR count). The van der Waals surface area contributed by atoms with Crippen LogP contribution in [0.4, 0.5) is 0 Å². The van der Waals surface area contributed by atoms with Crippen LogP contribution in [0.5, 0.6) is 0 Å². The van der Waals surface area contributed by atoms with E-state index in [1.807, 2.05) is 11.8 Å². The number of piperidine rings is 1. The molecule has 8 heteroatoms. The molecule has 2 aliphatic heterocycles. The lowest BCUT2D eigenvalue weighted by molar-refractivity contribution is -0.133. The summed E-state index contributed by atoms with van der Waals surface area (Å²) in [4.78, 5) is 13.6. The second-order valence-corrected chi connectivity index (χ2v) is 9.99. The van der Waals surface area contributed by atoms with E-state index in [1.54, 1.807) is 35.5 Å². The molecule has 1 aromatic carbocycles. The van der Waals surface area contributed by atoms with Gasteiger partial charge in [0.15, 0.2) is 0 Å². The molecule has 2 saturated heterocycles. The highest BCUT2D eigenvalue weighted by molar-refractivity contribution is 7.88. The van der Waals surface area contributed by atoms with Crippen molar-refractivity contribution < 1.29 is 17.9 Å². The molecule has 0 bridgehead atoms. The molecule has 6 nitrogen and oxygen atoms in total. The fourth-order valence-electron chi connectivity index (χ4n) is 4.16. The molecule has 0 saturated carbocycles. The Balaban J connectivity index is 1.78. The van der Waals surface area contributed by atoms with Gasteiger partial charge >= 0.3 is 0 Å². The van der Waals surface area contributed by atoms with Crippen LogP contribution in [0.1, 0.15) is 25.8 Å². The van der Waals surface area contributed by atoms with E-state index in [4.69, 9.17) is 16.3 Å². The standard InChI is InChI=1S/C19H27ClN2O4S/c1-3-26-14-19-8-9-21(15(2)23)10-17(19)11-22(13-19)27(24,25)12-16-4-6-18(20)7-5-16/h4-7,17H,3,8-14H2,1-2H3/t17-,19+/m1/s1. The highest BCUT2D eigenvalue weighted by atomic mass is 35.5. The van der Waals surface area contributed by atoms with Crippen LogP contribution in [0.2, 0.25) is 5.02 Å². The second kappa shape index (κ2) is 8.07. The summed E-state index contributed by atoms with van der Waals surface area (Å²) < 4.78 is 33.4. The summed E-state index contributed by atoms with van der Waals surface area (Å²) in [5.74, 6) is 0.0991. The van der Waals surface area contributed by atoms with Crippen LogP contribution >= 0.6 is 11.6 Å². The lowest BCUT2D eigenvalue weighted by Gasteiger charge is -2.43. The first-order chi connectivity index (χ1) is 12.8. The largest absolute Gasteiger partial charge is 0.381 e. The van der Waals surface area contributed by atoms with Crippen LogP contribution in [-0.2, 0) is 25.3 Å². The number of sulfonamides is 1. The van der Waals surface area contributed by atoms with Crippen LogP contribution in [0.25, 0.3) is 0 Å². The minimum absolute atomic E-state index is 0.0436. The zero-order valence-corrected chi connectivity index (χ0v) is 17.4. The molecule has 0 aromatic heterocycles. The van der Waals surface area contributed by atoms with Crippen molar-refractivity contribution in [1.29, 1.82) is 0 Å². The van der Waals surface area contributed by atoms with E-state index in [-0.39, 0.29) is 23.0 Å². The molecule has 2 heterocycles. The molecule has 1 amide bonds. The SMILES string of the molecule is CCOC[C@@]12CCN(C(C)=O)C[C@@H]1CN(S(=O)(=O)Cc1ccc(Cl)cc1)C2. The van der Waals surface area contributed by atoms with Crippen molar-refractivity contribution in [2.75, 3.05) is 39.4 Å². The van der Waals surface area contributed by atoms with Gasteiger partial charge in [0.1, 0.15) is 0 Å². The van der Waals surface area contributed by atoms with E-state index in [0.717, 1.165) is 12.0 Å². The molecule has 0 N–H and O–H groups in total. The van der Waals surface area contributed by atoms with Crippen molar-refractivity contribution in [2.45, 2.75) is 26.0 Å². The smallest absolute Gasteiger partial charge is 0.219 e. The maximum absolute atomic E-state index is 13.0. The van der Waals surface area contributed by atoms with Crippen molar-refractivity contribution in [3.63, 3.8) is 0 Å². The highest BCUT2D eigenvalue weighted by Gasteiger charge is 2.52. The number of rotatable bonds is 6. The molecule has 2 fully saturated rings. The number of carbonyl (C=O) groups is 1. The second-order valence-electron chi connectivity index (χ2n) is 7.59. The summed E-state index contributed by atoms with van der Waals surface area (Å²) in [5, 5.41) is 0.586. The minimum atomic E-state index is -3.45. The van der Waals surface area contributed by atoms with E-state index in [1.165, 1.54) is 0 Å². The minimum Gasteiger partial charge on any atom is -0.381 e. The van der Waals surface area contributed by atoms with Gasteiger partial charge < -0.3 is 9.64 Å². The average molecular weight is 415 g/mol. The molecule has 150 valence electrons. The summed E-state index contributed by atoms with van der Waals surface area (Å²) in [6.07, 6.45) is 0.768. The maximum Gasteiger partial charge on any atom is 0.219 e. The first-order valence-corrected chi connectivity index (χ1v) is 11.3. The number of halogens is 1. The first-order valence-electron chi connectivity index (χ1n) is 9.31. The Hall–Kier alpha value is -1.15. The van der Waals surface area contributed by atoms with Gasteiger partial charge in [-0.15, -0.1) is 0 Å². The molecular formula is C19H27ClN2O4S.